The van der Waals surface area contributed by atoms with E-state index in [9.17, 15) is 0 Å². The minimum Gasteiger partial charge on any atom is -0.314 e. The zero-order valence-corrected chi connectivity index (χ0v) is 12.5. The van der Waals surface area contributed by atoms with Crippen molar-refractivity contribution in [2.24, 2.45) is 0 Å². The summed E-state index contributed by atoms with van der Waals surface area (Å²) in [5.41, 5.74) is 2.95. The van der Waals surface area contributed by atoms with Gasteiger partial charge in [-0.3, -0.25) is 9.88 Å². The molecule has 21 heavy (non-hydrogen) atoms. The molecule has 110 valence electrons. The molecule has 0 amide bonds. The van der Waals surface area contributed by atoms with Gasteiger partial charge in [-0.2, -0.15) is 0 Å². The second kappa shape index (κ2) is 5.39. The van der Waals surface area contributed by atoms with E-state index in [1.807, 2.05) is 12.3 Å². The van der Waals surface area contributed by atoms with Gasteiger partial charge in [-0.25, -0.2) is 0 Å². The SMILES string of the molecule is c1cnc2c(CN3CCNCC34CCCC4)cccc2c1. The van der Waals surface area contributed by atoms with Crippen LogP contribution in [0.15, 0.2) is 36.5 Å². The Labute approximate surface area is 126 Å². The number of nitrogens with zero attached hydrogens (tertiary/aromatic N) is 2. The average molecular weight is 281 g/mol. The molecule has 1 N–H and O–H groups in total. The Morgan fingerprint density at radius 1 is 1.14 bits per heavy atom. The van der Waals surface area contributed by atoms with Crippen LogP contribution in [0.4, 0.5) is 0 Å². The van der Waals surface area contributed by atoms with Gasteiger partial charge >= 0.3 is 0 Å². The molecule has 0 unspecified atom stereocenters. The average Bonchev–Trinajstić information content (AvgIpc) is 2.99. The lowest BCUT2D eigenvalue weighted by atomic mass is 9.92. The van der Waals surface area contributed by atoms with Gasteiger partial charge in [0.2, 0.25) is 0 Å². The van der Waals surface area contributed by atoms with E-state index in [4.69, 9.17) is 0 Å². The number of fused-ring (bicyclic) bond motifs is 1. The number of hydrogen-bond donors (Lipinski definition) is 1. The lowest BCUT2D eigenvalue weighted by Crippen LogP contribution is -2.59. The molecule has 1 spiro atoms. The lowest BCUT2D eigenvalue weighted by Gasteiger charge is -2.45. The van der Waals surface area contributed by atoms with Crippen LogP contribution in [0.2, 0.25) is 0 Å². The highest BCUT2D eigenvalue weighted by molar-refractivity contribution is 5.81. The van der Waals surface area contributed by atoms with Crippen LogP contribution in [-0.4, -0.2) is 35.1 Å². The molecule has 1 aliphatic carbocycles. The lowest BCUT2D eigenvalue weighted by molar-refractivity contribution is 0.0576. The van der Waals surface area contributed by atoms with E-state index in [0.717, 1.165) is 26.2 Å². The van der Waals surface area contributed by atoms with Crippen LogP contribution < -0.4 is 5.32 Å². The van der Waals surface area contributed by atoms with Crippen molar-refractivity contribution in [3.8, 4) is 0 Å². The highest BCUT2D eigenvalue weighted by Crippen LogP contribution is 2.37. The molecule has 1 saturated carbocycles. The van der Waals surface area contributed by atoms with Crippen LogP contribution in [-0.2, 0) is 6.54 Å². The summed E-state index contributed by atoms with van der Waals surface area (Å²) in [7, 11) is 0. The van der Waals surface area contributed by atoms with E-state index < -0.39 is 0 Å². The first-order valence-electron chi connectivity index (χ1n) is 8.16. The monoisotopic (exact) mass is 281 g/mol. The van der Waals surface area contributed by atoms with Crippen molar-refractivity contribution >= 4 is 10.9 Å². The molecule has 1 aliphatic heterocycles. The van der Waals surface area contributed by atoms with Gasteiger partial charge in [-0.05, 0) is 24.5 Å². The first-order chi connectivity index (χ1) is 10.4. The van der Waals surface area contributed by atoms with Crippen molar-refractivity contribution in [3.63, 3.8) is 0 Å². The Kier molecular flexibility index (Phi) is 3.40. The number of rotatable bonds is 2. The summed E-state index contributed by atoms with van der Waals surface area (Å²) in [5.74, 6) is 0. The first kappa shape index (κ1) is 13.2. The second-order valence-electron chi connectivity index (χ2n) is 6.52. The van der Waals surface area contributed by atoms with Crippen LogP contribution >= 0.6 is 0 Å². The first-order valence-corrected chi connectivity index (χ1v) is 8.16. The van der Waals surface area contributed by atoms with Gasteiger partial charge in [0, 0.05) is 43.3 Å². The molecule has 2 fully saturated rings. The molecule has 0 bridgehead atoms. The predicted octanol–water partition coefficient (Wildman–Crippen LogP) is 2.95. The summed E-state index contributed by atoms with van der Waals surface area (Å²) in [6.07, 6.45) is 7.36. The molecular weight excluding hydrogens is 258 g/mol. The molecule has 1 saturated heterocycles. The van der Waals surface area contributed by atoms with Crippen molar-refractivity contribution in [2.75, 3.05) is 19.6 Å². The van der Waals surface area contributed by atoms with Gasteiger partial charge in [0.15, 0.2) is 0 Å². The largest absolute Gasteiger partial charge is 0.314 e. The minimum absolute atomic E-state index is 0.398. The zero-order chi connectivity index (χ0) is 14.1. The summed E-state index contributed by atoms with van der Waals surface area (Å²) < 4.78 is 0. The number of nitrogens with one attached hydrogen (secondary N) is 1. The summed E-state index contributed by atoms with van der Waals surface area (Å²) in [4.78, 5) is 7.34. The predicted molar refractivity (Wildman–Crippen MR) is 86.2 cm³/mol. The van der Waals surface area contributed by atoms with Crippen LogP contribution in [0.25, 0.3) is 10.9 Å². The van der Waals surface area contributed by atoms with Crippen LogP contribution in [0, 0.1) is 0 Å². The third-order valence-corrected chi connectivity index (χ3v) is 5.30. The van der Waals surface area contributed by atoms with E-state index in [1.54, 1.807) is 0 Å². The molecule has 0 atom stereocenters. The Hall–Kier alpha value is -1.45. The van der Waals surface area contributed by atoms with Crippen molar-refractivity contribution < 1.29 is 0 Å². The Morgan fingerprint density at radius 2 is 2.00 bits per heavy atom. The topological polar surface area (TPSA) is 28.2 Å². The maximum atomic E-state index is 4.62. The van der Waals surface area contributed by atoms with Crippen molar-refractivity contribution in [2.45, 2.75) is 37.8 Å². The van der Waals surface area contributed by atoms with E-state index >= 15 is 0 Å². The fraction of sp³-hybridized carbons (Fsp3) is 0.500. The van der Waals surface area contributed by atoms with Crippen molar-refractivity contribution in [1.82, 2.24) is 15.2 Å². The Bertz CT molecular complexity index is 626. The normalized spacial score (nSPS) is 22.1. The molecule has 0 radical (unpaired) electrons. The molecule has 2 aromatic rings. The van der Waals surface area contributed by atoms with Crippen molar-refractivity contribution in [1.29, 1.82) is 0 Å². The van der Waals surface area contributed by atoms with Gasteiger partial charge in [0.25, 0.3) is 0 Å². The molecule has 3 nitrogen and oxygen atoms in total. The van der Waals surface area contributed by atoms with Gasteiger partial charge in [-0.1, -0.05) is 37.1 Å². The van der Waals surface area contributed by atoms with Gasteiger partial charge in [0.05, 0.1) is 5.52 Å². The smallest absolute Gasteiger partial charge is 0.0746 e. The summed E-state index contributed by atoms with van der Waals surface area (Å²) in [6, 6.07) is 10.8. The van der Waals surface area contributed by atoms with Gasteiger partial charge in [0.1, 0.15) is 0 Å². The molecule has 1 aromatic heterocycles. The Morgan fingerprint density at radius 3 is 2.90 bits per heavy atom. The fourth-order valence-corrected chi connectivity index (χ4v) is 4.16. The highest BCUT2D eigenvalue weighted by Gasteiger charge is 2.40. The van der Waals surface area contributed by atoms with Crippen LogP contribution in [0.1, 0.15) is 31.2 Å². The number of pyridine rings is 1. The summed E-state index contributed by atoms with van der Waals surface area (Å²) in [5, 5.41) is 4.87. The number of para-hydroxylation sites is 1. The van der Waals surface area contributed by atoms with Crippen LogP contribution in [0.5, 0.6) is 0 Å². The maximum Gasteiger partial charge on any atom is 0.0746 e. The maximum absolute atomic E-state index is 4.62. The fourth-order valence-electron chi connectivity index (χ4n) is 4.16. The van der Waals surface area contributed by atoms with Gasteiger partial charge < -0.3 is 5.32 Å². The second-order valence-corrected chi connectivity index (χ2v) is 6.52. The van der Waals surface area contributed by atoms with E-state index in [2.05, 4.69) is 39.5 Å². The number of aromatic nitrogens is 1. The highest BCUT2D eigenvalue weighted by atomic mass is 15.3. The molecule has 1 aromatic carbocycles. The van der Waals surface area contributed by atoms with Crippen LogP contribution in [0.3, 0.4) is 0 Å². The molecule has 2 aliphatic rings. The third kappa shape index (κ3) is 2.34. The number of benzene rings is 1. The Balaban J connectivity index is 1.67. The summed E-state index contributed by atoms with van der Waals surface area (Å²) in [6.45, 7) is 4.46. The molecular formula is C18H23N3. The van der Waals surface area contributed by atoms with Crippen molar-refractivity contribution in [3.05, 3.63) is 42.1 Å². The molecule has 3 heteroatoms. The van der Waals surface area contributed by atoms with E-state index in [1.165, 1.54) is 42.1 Å². The third-order valence-electron chi connectivity index (χ3n) is 5.30. The standard InChI is InChI=1S/C18H23N3/c1-2-9-18(8-1)14-19-11-12-21(18)13-16-6-3-5-15-7-4-10-20-17(15)16/h3-7,10,19H,1-2,8-9,11-14H2. The molecule has 4 rings (SSSR count). The van der Waals surface area contributed by atoms with E-state index in [-0.39, 0.29) is 0 Å². The number of piperazine rings is 1. The molecule has 2 heterocycles. The van der Waals surface area contributed by atoms with E-state index in [0.29, 0.717) is 5.54 Å². The van der Waals surface area contributed by atoms with Gasteiger partial charge in [-0.15, -0.1) is 0 Å². The quantitative estimate of drug-likeness (QED) is 0.917. The zero-order valence-electron chi connectivity index (χ0n) is 12.5. The number of hydrogen-bond acceptors (Lipinski definition) is 3. The minimum atomic E-state index is 0.398. The summed E-state index contributed by atoms with van der Waals surface area (Å²) >= 11 is 0.